The van der Waals surface area contributed by atoms with Gasteiger partial charge in [-0.15, -0.1) is 0 Å². The van der Waals surface area contributed by atoms with Crippen LogP contribution < -0.4 is 0 Å². The van der Waals surface area contributed by atoms with Crippen LogP contribution in [-0.4, -0.2) is 40.3 Å². The van der Waals surface area contributed by atoms with Gasteiger partial charge in [0, 0.05) is 19.1 Å². The minimum Gasteiger partial charge on any atom is -0.392 e. The van der Waals surface area contributed by atoms with Gasteiger partial charge in [-0.1, -0.05) is 6.07 Å². The normalized spacial score (nSPS) is 15.0. The zero-order valence-electron chi connectivity index (χ0n) is 12.1. The summed E-state index contributed by atoms with van der Waals surface area (Å²) in [7, 11) is 0. The molecule has 0 amide bonds. The highest BCUT2D eigenvalue weighted by Crippen LogP contribution is 2.20. The van der Waals surface area contributed by atoms with E-state index in [1.165, 1.54) is 12.1 Å². The SMILES string of the molecule is Cc1cc(F)ccc1C(O)CN(CC(C)O)C(C)C. The minimum atomic E-state index is -0.679. The monoisotopic (exact) mass is 269 g/mol. The lowest BCUT2D eigenvalue weighted by atomic mass is 10.0. The molecule has 0 saturated carbocycles. The summed E-state index contributed by atoms with van der Waals surface area (Å²) < 4.78 is 13.0. The Morgan fingerprint density at radius 3 is 2.26 bits per heavy atom. The van der Waals surface area contributed by atoms with Gasteiger partial charge in [0.25, 0.3) is 0 Å². The molecule has 0 spiro atoms. The molecule has 2 atom stereocenters. The van der Waals surface area contributed by atoms with Gasteiger partial charge in [-0.05, 0) is 51.0 Å². The van der Waals surface area contributed by atoms with Gasteiger partial charge in [0.2, 0.25) is 0 Å². The molecule has 0 aromatic heterocycles. The van der Waals surface area contributed by atoms with E-state index in [4.69, 9.17) is 0 Å². The summed E-state index contributed by atoms with van der Waals surface area (Å²) in [6, 6.07) is 4.63. The van der Waals surface area contributed by atoms with Crippen molar-refractivity contribution in [3.63, 3.8) is 0 Å². The van der Waals surface area contributed by atoms with Crippen LogP contribution in [0.3, 0.4) is 0 Å². The molecule has 1 aromatic carbocycles. The van der Waals surface area contributed by atoms with Crippen LogP contribution in [0.4, 0.5) is 4.39 Å². The van der Waals surface area contributed by atoms with Crippen molar-refractivity contribution in [2.75, 3.05) is 13.1 Å². The fraction of sp³-hybridized carbons (Fsp3) is 0.600. The Morgan fingerprint density at radius 1 is 1.16 bits per heavy atom. The zero-order valence-corrected chi connectivity index (χ0v) is 12.1. The molecule has 1 aromatic rings. The molecule has 0 radical (unpaired) electrons. The Labute approximate surface area is 114 Å². The molecule has 0 bridgehead atoms. The number of rotatable bonds is 6. The molecule has 0 saturated heterocycles. The zero-order chi connectivity index (χ0) is 14.6. The van der Waals surface area contributed by atoms with Crippen molar-refractivity contribution < 1.29 is 14.6 Å². The smallest absolute Gasteiger partial charge is 0.123 e. The first-order valence-electron chi connectivity index (χ1n) is 6.67. The second-order valence-corrected chi connectivity index (χ2v) is 5.41. The van der Waals surface area contributed by atoms with E-state index in [9.17, 15) is 14.6 Å². The second-order valence-electron chi connectivity index (χ2n) is 5.41. The third kappa shape index (κ3) is 4.90. The molecule has 1 rings (SSSR count). The molecule has 4 heteroatoms. The van der Waals surface area contributed by atoms with Crippen molar-refractivity contribution in [3.8, 4) is 0 Å². The number of aliphatic hydroxyl groups excluding tert-OH is 2. The van der Waals surface area contributed by atoms with Crippen LogP contribution in [-0.2, 0) is 0 Å². The molecule has 19 heavy (non-hydrogen) atoms. The van der Waals surface area contributed by atoms with Crippen LogP contribution in [0, 0.1) is 12.7 Å². The number of aliphatic hydroxyl groups is 2. The summed E-state index contributed by atoms with van der Waals surface area (Å²) in [4.78, 5) is 2.01. The summed E-state index contributed by atoms with van der Waals surface area (Å²) >= 11 is 0. The van der Waals surface area contributed by atoms with Crippen molar-refractivity contribution in [1.82, 2.24) is 4.90 Å². The minimum absolute atomic E-state index is 0.227. The predicted octanol–water partition coefficient (Wildman–Crippen LogP) is 2.26. The molecule has 0 fully saturated rings. The van der Waals surface area contributed by atoms with Crippen molar-refractivity contribution in [3.05, 3.63) is 35.1 Å². The van der Waals surface area contributed by atoms with Crippen LogP contribution in [0.1, 0.15) is 38.0 Å². The third-order valence-corrected chi connectivity index (χ3v) is 3.23. The summed E-state index contributed by atoms with van der Waals surface area (Å²) in [6.07, 6.45) is -1.12. The lowest BCUT2D eigenvalue weighted by molar-refractivity contribution is 0.0585. The van der Waals surface area contributed by atoms with E-state index in [2.05, 4.69) is 0 Å². The molecular weight excluding hydrogens is 245 g/mol. The van der Waals surface area contributed by atoms with Gasteiger partial charge in [-0.25, -0.2) is 4.39 Å². The lowest BCUT2D eigenvalue weighted by Crippen LogP contribution is -2.39. The number of hydrogen-bond donors (Lipinski definition) is 2. The molecule has 0 aliphatic rings. The van der Waals surface area contributed by atoms with Crippen LogP contribution in [0.25, 0.3) is 0 Å². The standard InChI is InChI=1S/C15H24FNO2/c1-10(2)17(8-12(4)18)9-15(19)14-6-5-13(16)7-11(14)3/h5-7,10,12,15,18-19H,8-9H2,1-4H3. The molecular formula is C15H24FNO2. The van der Waals surface area contributed by atoms with Crippen LogP contribution >= 0.6 is 0 Å². The molecule has 3 nitrogen and oxygen atoms in total. The van der Waals surface area contributed by atoms with E-state index in [1.807, 2.05) is 18.7 Å². The third-order valence-electron chi connectivity index (χ3n) is 3.23. The van der Waals surface area contributed by atoms with Gasteiger partial charge in [0.05, 0.1) is 12.2 Å². The van der Waals surface area contributed by atoms with Crippen LogP contribution in [0.5, 0.6) is 0 Å². The Bertz CT molecular complexity index is 407. The van der Waals surface area contributed by atoms with Gasteiger partial charge >= 0.3 is 0 Å². The van der Waals surface area contributed by atoms with Crippen molar-refractivity contribution >= 4 is 0 Å². The number of halogens is 1. The molecule has 2 N–H and O–H groups in total. The highest BCUT2D eigenvalue weighted by atomic mass is 19.1. The summed E-state index contributed by atoms with van der Waals surface area (Å²) in [5.41, 5.74) is 1.48. The van der Waals surface area contributed by atoms with Crippen molar-refractivity contribution in [2.45, 2.75) is 45.9 Å². The summed E-state index contributed by atoms with van der Waals surface area (Å²) in [5.74, 6) is -0.293. The average molecular weight is 269 g/mol. The highest BCUT2D eigenvalue weighted by Gasteiger charge is 2.19. The number of benzene rings is 1. The van der Waals surface area contributed by atoms with E-state index in [0.29, 0.717) is 13.1 Å². The quantitative estimate of drug-likeness (QED) is 0.832. The van der Waals surface area contributed by atoms with E-state index < -0.39 is 12.2 Å². The largest absolute Gasteiger partial charge is 0.392 e. The Morgan fingerprint density at radius 2 is 1.79 bits per heavy atom. The predicted molar refractivity (Wildman–Crippen MR) is 74.5 cm³/mol. The molecule has 2 unspecified atom stereocenters. The van der Waals surface area contributed by atoms with Gasteiger partial charge in [-0.3, -0.25) is 4.90 Å². The Hall–Kier alpha value is -0.970. The topological polar surface area (TPSA) is 43.7 Å². The maximum absolute atomic E-state index is 13.0. The van der Waals surface area contributed by atoms with E-state index in [-0.39, 0.29) is 11.9 Å². The van der Waals surface area contributed by atoms with Gasteiger partial charge in [0.1, 0.15) is 5.82 Å². The molecule has 0 aliphatic heterocycles. The Kier molecular flexibility index (Phi) is 5.91. The van der Waals surface area contributed by atoms with Crippen LogP contribution in [0.15, 0.2) is 18.2 Å². The number of aryl methyl sites for hydroxylation is 1. The first-order chi connectivity index (χ1) is 8.81. The second kappa shape index (κ2) is 6.98. The average Bonchev–Trinajstić information content (AvgIpc) is 2.26. The first-order valence-corrected chi connectivity index (χ1v) is 6.67. The van der Waals surface area contributed by atoms with Crippen LogP contribution in [0.2, 0.25) is 0 Å². The van der Waals surface area contributed by atoms with Gasteiger partial charge < -0.3 is 10.2 Å². The van der Waals surface area contributed by atoms with Crippen molar-refractivity contribution in [1.29, 1.82) is 0 Å². The fourth-order valence-electron chi connectivity index (χ4n) is 2.17. The van der Waals surface area contributed by atoms with Crippen molar-refractivity contribution in [2.24, 2.45) is 0 Å². The van der Waals surface area contributed by atoms with E-state index in [0.717, 1.165) is 11.1 Å². The Balaban J connectivity index is 2.78. The summed E-state index contributed by atoms with van der Waals surface area (Å²) in [5, 5.41) is 19.8. The first kappa shape index (κ1) is 16.1. The fourth-order valence-corrected chi connectivity index (χ4v) is 2.17. The number of hydrogen-bond acceptors (Lipinski definition) is 3. The number of nitrogens with zero attached hydrogens (tertiary/aromatic N) is 1. The highest BCUT2D eigenvalue weighted by molar-refractivity contribution is 5.28. The molecule has 108 valence electrons. The van der Waals surface area contributed by atoms with Gasteiger partial charge in [0.15, 0.2) is 0 Å². The molecule has 0 aliphatic carbocycles. The summed E-state index contributed by atoms with van der Waals surface area (Å²) in [6.45, 7) is 8.49. The molecule has 0 heterocycles. The lowest BCUT2D eigenvalue weighted by Gasteiger charge is -2.30. The van der Waals surface area contributed by atoms with Gasteiger partial charge in [-0.2, -0.15) is 0 Å². The van der Waals surface area contributed by atoms with E-state index in [1.54, 1.807) is 19.9 Å². The maximum Gasteiger partial charge on any atom is 0.123 e. The van der Waals surface area contributed by atoms with E-state index >= 15 is 0 Å². The maximum atomic E-state index is 13.0.